The molecule has 0 bridgehead atoms. The molecule has 0 saturated heterocycles. The van der Waals surface area contributed by atoms with E-state index in [1.165, 1.54) is 18.2 Å². The van der Waals surface area contributed by atoms with Gasteiger partial charge in [-0.3, -0.25) is 4.79 Å². The van der Waals surface area contributed by atoms with E-state index < -0.39 is 0 Å². The van der Waals surface area contributed by atoms with Crippen LogP contribution in [0, 0.1) is 0 Å². The molecule has 0 radical (unpaired) electrons. The summed E-state index contributed by atoms with van der Waals surface area (Å²) in [5.41, 5.74) is 3.99. The van der Waals surface area contributed by atoms with E-state index in [0.717, 1.165) is 17.0 Å². The van der Waals surface area contributed by atoms with E-state index in [2.05, 4.69) is 48.2 Å². The maximum Gasteiger partial charge on any atom is 0.337 e. The fraction of sp³-hybridized carbons (Fsp3) is 0.364. The third-order valence-electron chi connectivity index (χ3n) is 4.48. The van der Waals surface area contributed by atoms with E-state index in [1.54, 1.807) is 12.1 Å². The lowest BCUT2D eigenvalue weighted by atomic mass is 10.0. The Bertz CT molecular complexity index is 752. The van der Waals surface area contributed by atoms with Gasteiger partial charge in [0.15, 0.2) is 6.54 Å². The zero-order valence-electron chi connectivity index (χ0n) is 16.5. The lowest BCUT2D eigenvalue weighted by Crippen LogP contribution is -3.08. The van der Waals surface area contributed by atoms with Gasteiger partial charge in [0.25, 0.3) is 5.91 Å². The van der Waals surface area contributed by atoms with E-state index in [9.17, 15) is 9.59 Å². The minimum absolute atomic E-state index is 0.00310. The summed E-state index contributed by atoms with van der Waals surface area (Å²) in [5, 5.41) is 2.93. The van der Waals surface area contributed by atoms with Crippen LogP contribution in [0.4, 0.5) is 0 Å². The lowest BCUT2D eigenvalue weighted by Gasteiger charge is -2.15. The molecule has 2 rings (SSSR count). The Balaban J connectivity index is 1.78. The number of amides is 1. The van der Waals surface area contributed by atoms with E-state index in [4.69, 9.17) is 0 Å². The minimum Gasteiger partial charge on any atom is -0.465 e. The average Bonchev–Trinajstić information content (AvgIpc) is 2.66. The third-order valence-corrected chi connectivity index (χ3v) is 4.48. The predicted octanol–water partition coefficient (Wildman–Crippen LogP) is 1.93. The zero-order valence-corrected chi connectivity index (χ0v) is 16.5. The quantitative estimate of drug-likeness (QED) is 0.699. The molecule has 0 aliphatic heterocycles. The highest BCUT2D eigenvalue weighted by molar-refractivity contribution is 5.89. The van der Waals surface area contributed by atoms with Crippen LogP contribution in [-0.4, -0.2) is 32.6 Å². The Morgan fingerprint density at radius 3 is 2.15 bits per heavy atom. The molecular formula is C22H29N2O3+. The Kier molecular flexibility index (Phi) is 7.55. The van der Waals surface area contributed by atoms with Gasteiger partial charge in [-0.05, 0) is 29.2 Å². The second-order valence-electron chi connectivity index (χ2n) is 7.17. The number of hydrogen-bond donors (Lipinski definition) is 2. The van der Waals surface area contributed by atoms with Gasteiger partial charge in [-0.15, -0.1) is 0 Å². The van der Waals surface area contributed by atoms with Gasteiger partial charge in [0, 0.05) is 12.1 Å². The molecule has 5 heteroatoms. The van der Waals surface area contributed by atoms with Crippen LogP contribution in [-0.2, 0) is 22.6 Å². The van der Waals surface area contributed by atoms with Crippen LogP contribution in [0.2, 0.25) is 0 Å². The molecule has 5 nitrogen and oxygen atoms in total. The SMILES string of the molecule is COC(=O)c1ccc(CNC(=O)C[NH+](C)Cc2ccc(C(C)C)cc2)cc1. The van der Waals surface area contributed by atoms with Gasteiger partial charge in [-0.2, -0.15) is 0 Å². The van der Waals surface area contributed by atoms with Crippen molar-refractivity contribution in [1.82, 2.24) is 5.32 Å². The van der Waals surface area contributed by atoms with E-state index >= 15 is 0 Å². The lowest BCUT2D eigenvalue weighted by molar-refractivity contribution is -0.885. The van der Waals surface area contributed by atoms with Gasteiger partial charge in [0.2, 0.25) is 0 Å². The second kappa shape index (κ2) is 9.88. The first kappa shape index (κ1) is 20.6. The summed E-state index contributed by atoms with van der Waals surface area (Å²) in [7, 11) is 3.37. The van der Waals surface area contributed by atoms with Crippen LogP contribution < -0.4 is 10.2 Å². The standard InChI is InChI=1S/C22H28N2O3/c1-16(2)19-9-7-18(8-10-19)14-24(3)15-21(25)23-13-17-5-11-20(12-6-17)22(26)27-4/h5-12,16H,13-15H2,1-4H3,(H,23,25)/p+1. The first-order chi connectivity index (χ1) is 12.9. The van der Waals surface area contributed by atoms with E-state index in [-0.39, 0.29) is 11.9 Å². The zero-order chi connectivity index (χ0) is 19.8. The van der Waals surface area contributed by atoms with Crippen molar-refractivity contribution >= 4 is 11.9 Å². The number of benzene rings is 2. The van der Waals surface area contributed by atoms with Crippen molar-refractivity contribution in [3.05, 3.63) is 70.8 Å². The van der Waals surface area contributed by atoms with Crippen LogP contribution >= 0.6 is 0 Å². The first-order valence-electron chi connectivity index (χ1n) is 9.23. The maximum absolute atomic E-state index is 12.2. The minimum atomic E-state index is -0.364. The third kappa shape index (κ3) is 6.53. The van der Waals surface area contributed by atoms with Crippen molar-refractivity contribution in [2.75, 3.05) is 20.7 Å². The topological polar surface area (TPSA) is 59.8 Å². The van der Waals surface area contributed by atoms with Crippen molar-refractivity contribution < 1.29 is 19.2 Å². The van der Waals surface area contributed by atoms with Gasteiger partial charge >= 0.3 is 5.97 Å². The fourth-order valence-corrected chi connectivity index (χ4v) is 2.85. The molecule has 0 aliphatic rings. The molecule has 1 atom stereocenters. The number of methoxy groups -OCH3 is 1. The average molecular weight is 369 g/mol. The summed E-state index contributed by atoms with van der Waals surface area (Å²) in [5.74, 6) is 0.164. The van der Waals surface area contributed by atoms with Crippen molar-refractivity contribution in [2.45, 2.75) is 32.9 Å². The van der Waals surface area contributed by atoms with Gasteiger partial charge in [-0.1, -0.05) is 50.2 Å². The van der Waals surface area contributed by atoms with E-state index in [1.807, 2.05) is 19.2 Å². The number of likely N-dealkylation sites (N-methyl/N-ethyl adjacent to an activating group) is 1. The highest BCUT2D eigenvalue weighted by atomic mass is 16.5. The van der Waals surface area contributed by atoms with Gasteiger partial charge < -0.3 is 15.0 Å². The van der Waals surface area contributed by atoms with Gasteiger partial charge in [-0.25, -0.2) is 4.79 Å². The number of carbonyl (C=O) groups excluding carboxylic acids is 2. The molecule has 1 amide bonds. The van der Waals surface area contributed by atoms with Crippen molar-refractivity contribution in [3.63, 3.8) is 0 Å². The maximum atomic E-state index is 12.2. The molecular weight excluding hydrogens is 340 g/mol. The summed E-state index contributed by atoms with van der Waals surface area (Å²) in [6.07, 6.45) is 0. The Labute approximate surface area is 161 Å². The smallest absolute Gasteiger partial charge is 0.337 e. The van der Waals surface area contributed by atoms with Crippen LogP contribution in [0.3, 0.4) is 0 Å². The summed E-state index contributed by atoms with van der Waals surface area (Å²) in [6.45, 7) is 6.02. The Morgan fingerprint density at radius 1 is 1.00 bits per heavy atom. The molecule has 0 aromatic heterocycles. The summed E-state index contributed by atoms with van der Waals surface area (Å²) in [6, 6.07) is 15.6. The first-order valence-corrected chi connectivity index (χ1v) is 9.23. The summed E-state index contributed by atoms with van der Waals surface area (Å²) in [4.78, 5) is 24.7. The molecule has 0 aliphatic carbocycles. The monoisotopic (exact) mass is 369 g/mol. The number of quaternary nitrogens is 1. The second-order valence-corrected chi connectivity index (χ2v) is 7.17. The van der Waals surface area contributed by atoms with Crippen LogP contribution in [0.25, 0.3) is 0 Å². The predicted molar refractivity (Wildman–Crippen MR) is 106 cm³/mol. The molecule has 144 valence electrons. The molecule has 1 unspecified atom stereocenters. The number of hydrogen-bond acceptors (Lipinski definition) is 3. The summed E-state index contributed by atoms with van der Waals surface area (Å²) < 4.78 is 4.67. The normalized spacial score (nSPS) is 11.9. The van der Waals surface area contributed by atoms with Gasteiger partial charge in [0.1, 0.15) is 6.54 Å². The van der Waals surface area contributed by atoms with Crippen molar-refractivity contribution in [1.29, 1.82) is 0 Å². The molecule has 0 spiro atoms. The molecule has 0 saturated carbocycles. The summed E-state index contributed by atoms with van der Waals surface area (Å²) >= 11 is 0. The molecule has 27 heavy (non-hydrogen) atoms. The molecule has 2 N–H and O–H groups in total. The van der Waals surface area contributed by atoms with Crippen molar-refractivity contribution in [3.8, 4) is 0 Å². The fourth-order valence-electron chi connectivity index (χ4n) is 2.85. The Morgan fingerprint density at radius 2 is 1.59 bits per heavy atom. The number of esters is 1. The largest absolute Gasteiger partial charge is 0.465 e. The van der Waals surface area contributed by atoms with E-state index in [0.29, 0.717) is 24.6 Å². The number of carbonyl (C=O) groups is 2. The highest BCUT2D eigenvalue weighted by Gasteiger charge is 2.11. The highest BCUT2D eigenvalue weighted by Crippen LogP contribution is 2.14. The molecule has 0 fully saturated rings. The number of rotatable bonds is 8. The molecule has 2 aromatic carbocycles. The molecule has 0 heterocycles. The number of ether oxygens (including phenoxy) is 1. The van der Waals surface area contributed by atoms with Crippen LogP contribution in [0.1, 0.15) is 46.8 Å². The van der Waals surface area contributed by atoms with Gasteiger partial charge in [0.05, 0.1) is 19.7 Å². The van der Waals surface area contributed by atoms with Crippen LogP contribution in [0.5, 0.6) is 0 Å². The number of nitrogens with one attached hydrogen (secondary N) is 2. The Hall–Kier alpha value is -2.66. The van der Waals surface area contributed by atoms with Crippen LogP contribution in [0.15, 0.2) is 48.5 Å². The molecule has 2 aromatic rings. The van der Waals surface area contributed by atoms with Crippen molar-refractivity contribution in [2.24, 2.45) is 0 Å².